The first-order valence-corrected chi connectivity index (χ1v) is 12.5. The van der Waals surface area contributed by atoms with Crippen LogP contribution in [0.25, 0.3) is 55.1 Å². The summed E-state index contributed by atoms with van der Waals surface area (Å²) >= 11 is 0. The molecule has 184 valence electrons. The van der Waals surface area contributed by atoms with E-state index in [0.717, 1.165) is 43.9 Å². The zero-order valence-corrected chi connectivity index (χ0v) is 21.6. The van der Waals surface area contributed by atoms with Gasteiger partial charge in [0.2, 0.25) is 11.9 Å². The average molecular weight is 493 g/mol. The minimum atomic E-state index is -0.368. The van der Waals surface area contributed by atoms with Gasteiger partial charge in [0.25, 0.3) is 0 Å². The second-order valence-corrected chi connectivity index (χ2v) is 10.8. The van der Waals surface area contributed by atoms with Gasteiger partial charge in [0.1, 0.15) is 24.0 Å². The minimum absolute atomic E-state index is 0.242. The Balaban J connectivity index is 1.71. The summed E-state index contributed by atoms with van der Waals surface area (Å²) in [6, 6.07) is 23.2. The van der Waals surface area contributed by atoms with E-state index in [1.54, 1.807) is 10.6 Å². The SMILES string of the molecule is Cc1ccc2c(oc3c(-c4cccc5ccccc45)c(F)ccc32)c1-c1cc(C(C)(C)C)c(F)c[n+]1C. The molecule has 0 bridgehead atoms. The predicted molar refractivity (Wildman–Crippen MR) is 147 cm³/mol. The van der Waals surface area contributed by atoms with Crippen molar-refractivity contribution in [3.05, 3.63) is 102 Å². The zero-order chi connectivity index (χ0) is 26.1. The van der Waals surface area contributed by atoms with E-state index in [1.807, 2.05) is 95.4 Å². The van der Waals surface area contributed by atoms with Gasteiger partial charge in [-0.1, -0.05) is 75.4 Å². The Morgan fingerprint density at radius 1 is 0.730 bits per heavy atom. The molecule has 6 rings (SSSR count). The van der Waals surface area contributed by atoms with Crippen LogP contribution >= 0.6 is 0 Å². The van der Waals surface area contributed by atoms with Gasteiger partial charge < -0.3 is 4.42 Å². The maximum Gasteiger partial charge on any atom is 0.216 e. The molecule has 0 aliphatic rings. The lowest BCUT2D eigenvalue weighted by Gasteiger charge is -2.19. The Bertz CT molecular complexity index is 1850. The number of fused-ring (bicyclic) bond motifs is 4. The lowest BCUT2D eigenvalue weighted by atomic mass is 9.86. The topological polar surface area (TPSA) is 17.0 Å². The Morgan fingerprint density at radius 2 is 1.41 bits per heavy atom. The molecule has 2 nitrogen and oxygen atoms in total. The predicted octanol–water partition coefficient (Wildman–Crippen LogP) is 8.78. The fraction of sp³-hybridized carbons (Fsp3) is 0.182. The first kappa shape index (κ1) is 23.4. The quantitative estimate of drug-likeness (QED) is 0.221. The third-order valence-electron chi connectivity index (χ3n) is 7.32. The number of pyridine rings is 1. The van der Waals surface area contributed by atoms with Crippen molar-refractivity contribution in [3.63, 3.8) is 0 Å². The number of nitrogens with zero attached hydrogens (tertiary/aromatic N) is 1. The lowest BCUT2D eigenvalue weighted by molar-refractivity contribution is -0.662. The summed E-state index contributed by atoms with van der Waals surface area (Å²) < 4.78 is 38.9. The van der Waals surface area contributed by atoms with Gasteiger partial charge in [0.05, 0.1) is 11.1 Å². The highest BCUT2D eigenvalue weighted by molar-refractivity contribution is 6.15. The highest BCUT2D eigenvalue weighted by atomic mass is 19.1. The van der Waals surface area contributed by atoms with Crippen molar-refractivity contribution in [1.29, 1.82) is 0 Å². The first-order chi connectivity index (χ1) is 17.6. The molecule has 0 aliphatic carbocycles. The van der Waals surface area contributed by atoms with Gasteiger partial charge in [-0.05, 0) is 46.4 Å². The molecule has 4 aromatic carbocycles. The molecule has 0 aliphatic heterocycles. The summed E-state index contributed by atoms with van der Waals surface area (Å²) in [7, 11) is 1.84. The number of benzene rings is 4. The van der Waals surface area contributed by atoms with E-state index in [2.05, 4.69) is 0 Å². The van der Waals surface area contributed by atoms with Gasteiger partial charge in [-0.2, -0.15) is 4.57 Å². The van der Waals surface area contributed by atoms with Crippen LogP contribution < -0.4 is 4.57 Å². The lowest BCUT2D eigenvalue weighted by Crippen LogP contribution is -2.33. The summed E-state index contributed by atoms with van der Waals surface area (Å²) in [6.45, 7) is 8.03. The van der Waals surface area contributed by atoms with Gasteiger partial charge in [0.15, 0.2) is 5.82 Å². The van der Waals surface area contributed by atoms with E-state index in [0.29, 0.717) is 22.3 Å². The number of hydrogen-bond donors (Lipinski definition) is 0. The maximum atomic E-state index is 15.6. The second-order valence-electron chi connectivity index (χ2n) is 10.8. The van der Waals surface area contributed by atoms with Crippen LogP contribution in [-0.2, 0) is 12.5 Å². The number of halogens is 2. The van der Waals surface area contributed by atoms with Crippen molar-refractivity contribution in [2.45, 2.75) is 33.1 Å². The van der Waals surface area contributed by atoms with Crippen LogP contribution in [0, 0.1) is 18.6 Å². The minimum Gasteiger partial charge on any atom is -0.454 e. The number of aryl methyl sites for hydroxylation is 2. The molecule has 0 fully saturated rings. The van der Waals surface area contributed by atoms with Gasteiger partial charge in [-0.25, -0.2) is 8.78 Å². The Hall–Kier alpha value is -4.05. The molecular formula is C33H28F2NO+. The maximum absolute atomic E-state index is 15.6. The van der Waals surface area contributed by atoms with Crippen molar-refractivity contribution in [2.24, 2.45) is 7.05 Å². The highest BCUT2D eigenvalue weighted by Crippen LogP contribution is 2.43. The van der Waals surface area contributed by atoms with Crippen molar-refractivity contribution >= 4 is 32.7 Å². The standard InChI is InChI=1S/C33H28F2NO/c1-19-13-14-23-24-15-16-26(34)30(22-12-8-10-20-9-6-7-11-21(20)22)32(24)37-31(23)29(19)28-17-25(33(2,3)4)27(35)18-36(28)5/h6-18H,1-5H3/q+1. The van der Waals surface area contributed by atoms with Crippen LogP contribution in [0.1, 0.15) is 31.9 Å². The molecular weight excluding hydrogens is 464 g/mol. The van der Waals surface area contributed by atoms with Crippen molar-refractivity contribution in [1.82, 2.24) is 0 Å². The second kappa shape index (κ2) is 8.24. The molecule has 0 atom stereocenters. The zero-order valence-electron chi connectivity index (χ0n) is 21.6. The summed E-state index contributed by atoms with van der Waals surface area (Å²) in [5.74, 6) is -0.572. The van der Waals surface area contributed by atoms with Gasteiger partial charge >= 0.3 is 0 Å². The smallest absolute Gasteiger partial charge is 0.216 e. The van der Waals surface area contributed by atoms with Crippen LogP contribution in [0.5, 0.6) is 0 Å². The molecule has 0 saturated carbocycles. The monoisotopic (exact) mass is 492 g/mol. The molecule has 2 aromatic heterocycles. The molecule has 0 radical (unpaired) electrons. The van der Waals surface area contributed by atoms with Crippen LogP contribution in [0.15, 0.2) is 83.4 Å². The number of rotatable bonds is 2. The average Bonchev–Trinajstić information content (AvgIpc) is 3.22. The van der Waals surface area contributed by atoms with E-state index in [9.17, 15) is 4.39 Å². The molecule has 4 heteroatoms. The fourth-order valence-electron chi connectivity index (χ4n) is 5.43. The van der Waals surface area contributed by atoms with Crippen LogP contribution in [0.2, 0.25) is 0 Å². The molecule has 0 N–H and O–H groups in total. The Morgan fingerprint density at radius 3 is 2.16 bits per heavy atom. The number of hydrogen-bond acceptors (Lipinski definition) is 1. The summed E-state index contributed by atoms with van der Waals surface area (Å²) in [5.41, 5.74) is 5.42. The van der Waals surface area contributed by atoms with Gasteiger partial charge in [0, 0.05) is 22.4 Å². The summed E-state index contributed by atoms with van der Waals surface area (Å²) in [4.78, 5) is 0. The van der Waals surface area contributed by atoms with Gasteiger partial charge in [-0.15, -0.1) is 0 Å². The van der Waals surface area contributed by atoms with E-state index < -0.39 is 0 Å². The first-order valence-electron chi connectivity index (χ1n) is 12.5. The third kappa shape index (κ3) is 3.62. The number of furan rings is 1. The van der Waals surface area contributed by atoms with E-state index in [1.165, 1.54) is 12.3 Å². The van der Waals surface area contributed by atoms with Crippen LogP contribution in [-0.4, -0.2) is 0 Å². The molecule has 0 amide bonds. The fourth-order valence-corrected chi connectivity index (χ4v) is 5.43. The van der Waals surface area contributed by atoms with Crippen molar-refractivity contribution in [2.75, 3.05) is 0 Å². The molecule has 0 saturated heterocycles. The van der Waals surface area contributed by atoms with E-state index >= 15 is 4.39 Å². The van der Waals surface area contributed by atoms with Crippen LogP contribution in [0.4, 0.5) is 8.78 Å². The van der Waals surface area contributed by atoms with Crippen molar-refractivity contribution < 1.29 is 17.8 Å². The highest BCUT2D eigenvalue weighted by Gasteiger charge is 2.28. The van der Waals surface area contributed by atoms with Crippen molar-refractivity contribution in [3.8, 4) is 22.4 Å². The largest absolute Gasteiger partial charge is 0.454 e. The number of aromatic nitrogens is 1. The van der Waals surface area contributed by atoms with E-state index in [4.69, 9.17) is 4.42 Å². The Kier molecular flexibility index (Phi) is 5.20. The van der Waals surface area contributed by atoms with Gasteiger partial charge in [-0.3, -0.25) is 0 Å². The summed E-state index contributed by atoms with van der Waals surface area (Å²) in [6.07, 6.45) is 1.53. The third-order valence-corrected chi connectivity index (χ3v) is 7.32. The molecule has 37 heavy (non-hydrogen) atoms. The Labute approximate surface area is 214 Å². The molecule has 6 aromatic rings. The van der Waals surface area contributed by atoms with E-state index in [-0.39, 0.29) is 17.0 Å². The molecule has 0 unspecified atom stereocenters. The normalized spacial score (nSPS) is 12.2. The molecule has 0 spiro atoms. The van der Waals surface area contributed by atoms with Crippen LogP contribution in [0.3, 0.4) is 0 Å². The summed E-state index contributed by atoms with van der Waals surface area (Å²) in [5, 5.41) is 3.75. The molecule has 2 heterocycles.